The number of halogens is 6. The molecular formula is C8H4Cl3F3. The van der Waals surface area contributed by atoms with Crippen molar-refractivity contribution in [3.8, 4) is 0 Å². The van der Waals surface area contributed by atoms with Crippen LogP contribution in [0.15, 0.2) is 12.1 Å². The Labute approximate surface area is 93.6 Å². The average Bonchev–Trinajstić information content (AvgIpc) is 2.02. The fraction of sp³-hybridized carbons (Fsp3) is 0.250. The molecule has 6 heteroatoms. The molecule has 0 bridgehead atoms. The van der Waals surface area contributed by atoms with E-state index in [-0.39, 0.29) is 16.5 Å². The van der Waals surface area contributed by atoms with E-state index in [4.69, 9.17) is 34.8 Å². The highest BCUT2D eigenvalue weighted by Gasteiger charge is 2.34. The van der Waals surface area contributed by atoms with Gasteiger partial charge in [-0.15, -0.1) is 11.6 Å². The monoisotopic (exact) mass is 262 g/mol. The van der Waals surface area contributed by atoms with Crippen LogP contribution in [0.2, 0.25) is 10.0 Å². The molecule has 0 aliphatic carbocycles. The maximum atomic E-state index is 12.3. The summed E-state index contributed by atoms with van der Waals surface area (Å²) in [6.45, 7) is 0. The first-order valence-corrected chi connectivity index (χ1v) is 4.77. The number of benzene rings is 1. The molecule has 1 aromatic rings. The van der Waals surface area contributed by atoms with Gasteiger partial charge in [-0.1, -0.05) is 23.2 Å². The lowest BCUT2D eigenvalue weighted by molar-refractivity contribution is -0.137. The van der Waals surface area contributed by atoms with Crippen molar-refractivity contribution in [2.75, 3.05) is 0 Å². The largest absolute Gasteiger partial charge is 0.417 e. The SMILES string of the molecule is FC(F)(F)c1ccc(Cl)c(CCl)c1Cl. The molecule has 0 radical (unpaired) electrons. The summed E-state index contributed by atoms with van der Waals surface area (Å²) >= 11 is 16.5. The zero-order valence-electron chi connectivity index (χ0n) is 6.63. The lowest BCUT2D eigenvalue weighted by Crippen LogP contribution is -2.07. The lowest BCUT2D eigenvalue weighted by atomic mass is 10.1. The van der Waals surface area contributed by atoms with Gasteiger partial charge in [-0.3, -0.25) is 0 Å². The van der Waals surface area contributed by atoms with E-state index >= 15 is 0 Å². The van der Waals surface area contributed by atoms with Gasteiger partial charge in [-0.25, -0.2) is 0 Å². The van der Waals surface area contributed by atoms with Gasteiger partial charge in [0.15, 0.2) is 0 Å². The van der Waals surface area contributed by atoms with Crippen LogP contribution < -0.4 is 0 Å². The van der Waals surface area contributed by atoms with Crippen LogP contribution in [-0.2, 0) is 12.1 Å². The van der Waals surface area contributed by atoms with Gasteiger partial charge in [-0.2, -0.15) is 13.2 Å². The molecule has 0 N–H and O–H groups in total. The summed E-state index contributed by atoms with van der Waals surface area (Å²) in [6.07, 6.45) is -4.48. The van der Waals surface area contributed by atoms with Crippen molar-refractivity contribution in [3.05, 3.63) is 33.3 Å². The average molecular weight is 263 g/mol. The van der Waals surface area contributed by atoms with Crippen LogP contribution in [0.3, 0.4) is 0 Å². The predicted octanol–water partition coefficient (Wildman–Crippen LogP) is 4.75. The van der Waals surface area contributed by atoms with Crippen LogP contribution in [0.1, 0.15) is 11.1 Å². The van der Waals surface area contributed by atoms with Gasteiger partial charge in [0.2, 0.25) is 0 Å². The quantitative estimate of drug-likeness (QED) is 0.641. The zero-order chi connectivity index (χ0) is 10.9. The summed E-state index contributed by atoms with van der Waals surface area (Å²) in [7, 11) is 0. The van der Waals surface area contributed by atoms with Crippen molar-refractivity contribution < 1.29 is 13.2 Å². The van der Waals surface area contributed by atoms with Gasteiger partial charge < -0.3 is 0 Å². The van der Waals surface area contributed by atoms with E-state index in [1.807, 2.05) is 0 Å². The van der Waals surface area contributed by atoms with E-state index in [9.17, 15) is 13.2 Å². The molecule has 0 spiro atoms. The number of hydrogen-bond donors (Lipinski definition) is 0. The van der Waals surface area contributed by atoms with E-state index < -0.39 is 16.8 Å². The molecule has 1 aromatic carbocycles. The van der Waals surface area contributed by atoms with E-state index in [0.29, 0.717) is 0 Å². The predicted molar refractivity (Wildman–Crippen MR) is 51.0 cm³/mol. The molecule has 0 fully saturated rings. The molecule has 0 heterocycles. The first kappa shape index (κ1) is 12.0. The van der Waals surface area contributed by atoms with Gasteiger partial charge >= 0.3 is 6.18 Å². The van der Waals surface area contributed by atoms with Crippen LogP contribution in [-0.4, -0.2) is 0 Å². The van der Waals surface area contributed by atoms with E-state index in [0.717, 1.165) is 12.1 Å². The minimum absolute atomic E-state index is 0.102. The summed E-state index contributed by atoms with van der Waals surface area (Å²) in [5.41, 5.74) is -0.816. The van der Waals surface area contributed by atoms with Crippen molar-refractivity contribution >= 4 is 34.8 Å². The van der Waals surface area contributed by atoms with Crippen molar-refractivity contribution in [2.24, 2.45) is 0 Å². The Balaban J connectivity index is 3.36. The Morgan fingerprint density at radius 2 is 1.71 bits per heavy atom. The summed E-state index contributed by atoms with van der Waals surface area (Å²) < 4.78 is 37.0. The second-order valence-electron chi connectivity index (χ2n) is 2.52. The Kier molecular flexibility index (Phi) is 3.56. The minimum Gasteiger partial charge on any atom is -0.166 e. The van der Waals surface area contributed by atoms with Crippen molar-refractivity contribution in [2.45, 2.75) is 12.1 Å². The van der Waals surface area contributed by atoms with Crippen molar-refractivity contribution in [1.82, 2.24) is 0 Å². The Morgan fingerprint density at radius 1 is 1.14 bits per heavy atom. The summed E-state index contributed by atoms with van der Waals surface area (Å²) in [5, 5.41) is -0.294. The van der Waals surface area contributed by atoms with Crippen LogP contribution in [0.25, 0.3) is 0 Å². The Bertz CT molecular complexity index is 346. The Morgan fingerprint density at radius 3 is 2.14 bits per heavy atom. The molecule has 0 unspecified atom stereocenters. The topological polar surface area (TPSA) is 0 Å². The van der Waals surface area contributed by atoms with Crippen molar-refractivity contribution in [3.63, 3.8) is 0 Å². The van der Waals surface area contributed by atoms with Crippen LogP contribution >= 0.6 is 34.8 Å². The smallest absolute Gasteiger partial charge is 0.166 e. The molecule has 0 aliphatic rings. The number of alkyl halides is 4. The molecule has 1 rings (SSSR count). The number of rotatable bonds is 1. The lowest BCUT2D eigenvalue weighted by Gasteiger charge is -2.12. The molecule has 0 atom stereocenters. The molecule has 0 saturated carbocycles. The van der Waals surface area contributed by atoms with Gasteiger partial charge in [0, 0.05) is 10.6 Å². The van der Waals surface area contributed by atoms with Crippen LogP contribution in [0, 0.1) is 0 Å². The van der Waals surface area contributed by atoms with Crippen LogP contribution in [0.4, 0.5) is 13.2 Å². The van der Waals surface area contributed by atoms with E-state index in [1.54, 1.807) is 0 Å². The summed E-state index contributed by atoms with van der Waals surface area (Å²) in [6, 6.07) is 1.97. The fourth-order valence-electron chi connectivity index (χ4n) is 0.939. The highest BCUT2D eigenvalue weighted by atomic mass is 35.5. The first-order valence-electron chi connectivity index (χ1n) is 3.48. The van der Waals surface area contributed by atoms with Gasteiger partial charge in [-0.05, 0) is 12.1 Å². The summed E-state index contributed by atoms with van der Waals surface area (Å²) in [4.78, 5) is 0. The fourth-order valence-corrected chi connectivity index (χ4v) is 1.96. The molecule has 0 saturated heterocycles. The molecule has 0 nitrogen and oxygen atoms in total. The maximum Gasteiger partial charge on any atom is 0.417 e. The van der Waals surface area contributed by atoms with E-state index in [1.165, 1.54) is 0 Å². The molecular weight excluding hydrogens is 259 g/mol. The first-order chi connectivity index (χ1) is 6.38. The van der Waals surface area contributed by atoms with Gasteiger partial charge in [0.25, 0.3) is 0 Å². The van der Waals surface area contributed by atoms with Crippen LogP contribution in [0.5, 0.6) is 0 Å². The minimum atomic E-state index is -4.48. The standard InChI is InChI=1S/C8H4Cl3F3/c9-3-4-6(10)2-1-5(7(4)11)8(12,13)14/h1-2H,3H2. The third kappa shape index (κ3) is 2.27. The van der Waals surface area contributed by atoms with Gasteiger partial charge in [0.1, 0.15) is 0 Å². The zero-order valence-corrected chi connectivity index (χ0v) is 8.90. The molecule has 0 aliphatic heterocycles. The second kappa shape index (κ2) is 4.17. The molecule has 78 valence electrons. The Hall–Kier alpha value is -0.120. The van der Waals surface area contributed by atoms with Gasteiger partial charge in [0.05, 0.1) is 16.5 Å². The highest BCUT2D eigenvalue weighted by molar-refractivity contribution is 6.37. The highest BCUT2D eigenvalue weighted by Crippen LogP contribution is 2.39. The molecule has 0 amide bonds. The second-order valence-corrected chi connectivity index (χ2v) is 3.57. The molecule has 14 heavy (non-hydrogen) atoms. The maximum absolute atomic E-state index is 12.3. The molecule has 0 aromatic heterocycles. The third-order valence-corrected chi connectivity index (χ3v) is 2.68. The normalized spacial score (nSPS) is 11.9. The summed E-state index contributed by atoms with van der Waals surface area (Å²) in [5.74, 6) is -0.151. The van der Waals surface area contributed by atoms with E-state index in [2.05, 4.69) is 0 Å². The van der Waals surface area contributed by atoms with Crippen molar-refractivity contribution in [1.29, 1.82) is 0 Å². The number of hydrogen-bond acceptors (Lipinski definition) is 0. The third-order valence-electron chi connectivity index (χ3n) is 1.63.